The summed E-state index contributed by atoms with van der Waals surface area (Å²) < 4.78 is 1.65. The number of hydrogen-bond donors (Lipinski definition) is 2. The van der Waals surface area contributed by atoms with Crippen molar-refractivity contribution in [1.82, 2.24) is 29.5 Å². The van der Waals surface area contributed by atoms with E-state index in [2.05, 4.69) is 35.7 Å². The first-order valence-corrected chi connectivity index (χ1v) is 10.6. The van der Waals surface area contributed by atoms with Gasteiger partial charge in [-0.1, -0.05) is 0 Å². The van der Waals surface area contributed by atoms with Crippen molar-refractivity contribution in [1.29, 1.82) is 0 Å². The number of aromatic nitrogens is 6. The lowest BCUT2D eigenvalue weighted by molar-refractivity contribution is 0.102. The topological polar surface area (TPSA) is 110 Å². The smallest absolute Gasteiger partial charge is 0.257 e. The van der Waals surface area contributed by atoms with Crippen molar-refractivity contribution in [2.24, 2.45) is 0 Å². The number of hydrogen-bond acceptors (Lipinski definition) is 8. The van der Waals surface area contributed by atoms with Crippen molar-refractivity contribution in [3.05, 3.63) is 77.2 Å². The molecule has 0 saturated carbocycles. The van der Waals surface area contributed by atoms with Crippen LogP contribution in [0.1, 0.15) is 20.9 Å². The molecule has 0 bridgehead atoms. The van der Waals surface area contributed by atoms with E-state index < -0.39 is 0 Å². The molecular formula is C22H18N8OS. The number of fused-ring (bicyclic) bond motifs is 1. The van der Waals surface area contributed by atoms with Gasteiger partial charge in [-0.05, 0) is 50.2 Å². The Morgan fingerprint density at radius 2 is 1.91 bits per heavy atom. The van der Waals surface area contributed by atoms with Gasteiger partial charge in [-0.15, -0.1) is 16.4 Å². The van der Waals surface area contributed by atoms with Crippen molar-refractivity contribution < 1.29 is 4.79 Å². The molecule has 0 unspecified atom stereocenters. The maximum Gasteiger partial charge on any atom is 0.257 e. The van der Waals surface area contributed by atoms with Gasteiger partial charge < -0.3 is 5.32 Å². The number of thiazole rings is 1. The number of benzene rings is 1. The number of carbonyl (C=O) groups excluding carboxylic acids is 1. The minimum atomic E-state index is -0.203. The Kier molecular flexibility index (Phi) is 5.04. The van der Waals surface area contributed by atoms with Gasteiger partial charge >= 0.3 is 0 Å². The van der Waals surface area contributed by atoms with Gasteiger partial charge in [-0.3, -0.25) is 15.1 Å². The minimum absolute atomic E-state index is 0.203. The summed E-state index contributed by atoms with van der Waals surface area (Å²) in [4.78, 5) is 30.8. The number of nitrogens with zero attached hydrogens (tertiary/aromatic N) is 6. The molecule has 32 heavy (non-hydrogen) atoms. The Morgan fingerprint density at radius 1 is 1.06 bits per heavy atom. The van der Waals surface area contributed by atoms with Crippen molar-refractivity contribution >= 4 is 39.7 Å². The van der Waals surface area contributed by atoms with Crippen LogP contribution >= 0.6 is 11.3 Å². The largest absolute Gasteiger partial charge is 0.340 e. The Bertz CT molecular complexity index is 1410. The number of carbonyl (C=O) groups is 1. The van der Waals surface area contributed by atoms with Crippen LogP contribution in [0.5, 0.6) is 0 Å². The zero-order valence-corrected chi connectivity index (χ0v) is 18.1. The van der Waals surface area contributed by atoms with E-state index in [0.717, 1.165) is 21.8 Å². The van der Waals surface area contributed by atoms with Gasteiger partial charge in [0.05, 0.1) is 0 Å². The predicted molar refractivity (Wildman–Crippen MR) is 123 cm³/mol. The van der Waals surface area contributed by atoms with Gasteiger partial charge in [-0.2, -0.15) is 9.50 Å². The van der Waals surface area contributed by atoms with Gasteiger partial charge in [0.25, 0.3) is 11.7 Å². The third-order valence-electron chi connectivity index (χ3n) is 4.62. The van der Waals surface area contributed by atoms with Crippen LogP contribution in [0, 0.1) is 13.8 Å². The maximum absolute atomic E-state index is 12.4. The first-order chi connectivity index (χ1) is 15.5. The molecule has 4 heterocycles. The molecule has 1 amide bonds. The van der Waals surface area contributed by atoms with Crippen molar-refractivity contribution in [3.8, 4) is 11.4 Å². The molecule has 5 aromatic rings. The molecule has 0 aliphatic carbocycles. The lowest BCUT2D eigenvalue weighted by Gasteiger charge is -2.09. The first kappa shape index (κ1) is 19.8. The summed E-state index contributed by atoms with van der Waals surface area (Å²) in [6.07, 6.45) is 5.15. The second-order valence-corrected chi connectivity index (χ2v) is 8.34. The van der Waals surface area contributed by atoms with Crippen molar-refractivity contribution in [2.45, 2.75) is 13.8 Å². The lowest BCUT2D eigenvalue weighted by atomic mass is 10.2. The number of anilines is 3. The number of aryl methyl sites for hydroxylation is 2. The molecule has 4 aromatic heterocycles. The van der Waals surface area contributed by atoms with Crippen LogP contribution in [0.2, 0.25) is 0 Å². The summed E-state index contributed by atoms with van der Waals surface area (Å²) in [7, 11) is 0. The zero-order chi connectivity index (χ0) is 22.1. The summed E-state index contributed by atoms with van der Waals surface area (Å²) in [5, 5.41) is 11.3. The molecule has 5 rings (SSSR count). The van der Waals surface area contributed by atoms with Crippen LogP contribution in [0.25, 0.3) is 17.2 Å². The highest BCUT2D eigenvalue weighted by molar-refractivity contribution is 7.15. The standard InChI is InChI=1S/C22H18N8OS/c1-13-10-18(30-21(25-13)27-19(29-30)16-4-3-9-23-12-16)26-17-7-5-15(6-8-17)20(31)28-22-24-11-14(2)32-22/h3-12,26H,1-2H3,(H,24,28,31). The van der Waals surface area contributed by atoms with Crippen LogP contribution in [0.4, 0.5) is 16.6 Å². The SMILES string of the molecule is Cc1cc(Nc2ccc(C(=O)Nc3ncc(C)s3)cc2)n2nc(-c3cccnc3)nc2n1. The van der Waals surface area contributed by atoms with E-state index in [9.17, 15) is 4.79 Å². The highest BCUT2D eigenvalue weighted by Gasteiger charge is 2.13. The van der Waals surface area contributed by atoms with Gasteiger partial charge in [0.2, 0.25) is 0 Å². The van der Waals surface area contributed by atoms with Gasteiger partial charge in [0, 0.05) is 52.0 Å². The summed E-state index contributed by atoms with van der Waals surface area (Å²) >= 11 is 1.44. The second kappa shape index (κ2) is 8.16. The third kappa shape index (κ3) is 4.03. The van der Waals surface area contributed by atoms with Crippen LogP contribution in [-0.2, 0) is 0 Å². The Balaban J connectivity index is 1.39. The molecule has 0 atom stereocenters. The lowest BCUT2D eigenvalue weighted by Crippen LogP contribution is -2.11. The van der Waals surface area contributed by atoms with Crippen molar-refractivity contribution in [3.63, 3.8) is 0 Å². The van der Waals surface area contributed by atoms with Crippen LogP contribution in [0.15, 0.2) is 61.1 Å². The normalized spacial score (nSPS) is 10.9. The van der Waals surface area contributed by atoms with E-state index in [1.54, 1.807) is 35.2 Å². The van der Waals surface area contributed by atoms with Gasteiger partial charge in [-0.25, -0.2) is 9.97 Å². The molecule has 0 radical (unpaired) electrons. The number of amides is 1. The molecule has 0 fully saturated rings. The second-order valence-electron chi connectivity index (χ2n) is 7.10. The summed E-state index contributed by atoms with van der Waals surface area (Å²) in [5.74, 6) is 1.54. The van der Waals surface area contributed by atoms with E-state index in [1.807, 2.05) is 44.2 Å². The molecule has 9 nitrogen and oxygen atoms in total. The quantitative estimate of drug-likeness (QED) is 0.418. The molecular weight excluding hydrogens is 424 g/mol. The molecule has 10 heteroatoms. The minimum Gasteiger partial charge on any atom is -0.340 e. The predicted octanol–water partition coefficient (Wildman–Crippen LogP) is 4.26. The molecule has 0 spiro atoms. The Labute approximate surface area is 187 Å². The molecule has 2 N–H and O–H groups in total. The molecule has 1 aromatic carbocycles. The van der Waals surface area contributed by atoms with Crippen molar-refractivity contribution in [2.75, 3.05) is 10.6 Å². The number of pyridine rings is 1. The third-order valence-corrected chi connectivity index (χ3v) is 5.45. The van der Waals surface area contributed by atoms with Crippen LogP contribution in [0.3, 0.4) is 0 Å². The highest BCUT2D eigenvalue weighted by atomic mass is 32.1. The molecule has 158 valence electrons. The number of rotatable bonds is 5. The summed E-state index contributed by atoms with van der Waals surface area (Å²) in [6.45, 7) is 3.84. The molecule has 0 aliphatic heterocycles. The summed E-state index contributed by atoms with van der Waals surface area (Å²) in [5.41, 5.74) is 2.96. The Hall–Kier alpha value is -4.18. The fourth-order valence-electron chi connectivity index (χ4n) is 3.13. The van der Waals surface area contributed by atoms with E-state index >= 15 is 0 Å². The van der Waals surface area contributed by atoms with E-state index in [1.165, 1.54) is 11.3 Å². The fourth-order valence-corrected chi connectivity index (χ4v) is 3.79. The average Bonchev–Trinajstić information content (AvgIpc) is 3.41. The van der Waals surface area contributed by atoms with Gasteiger partial charge in [0.1, 0.15) is 5.82 Å². The first-order valence-electron chi connectivity index (χ1n) is 9.81. The Morgan fingerprint density at radius 3 is 2.62 bits per heavy atom. The molecule has 0 aliphatic rings. The van der Waals surface area contributed by atoms with Crippen LogP contribution < -0.4 is 10.6 Å². The van der Waals surface area contributed by atoms with E-state index in [-0.39, 0.29) is 5.91 Å². The van der Waals surface area contributed by atoms with E-state index in [4.69, 9.17) is 0 Å². The van der Waals surface area contributed by atoms with Crippen LogP contribution in [-0.4, -0.2) is 35.5 Å². The maximum atomic E-state index is 12.4. The average molecular weight is 443 g/mol. The zero-order valence-electron chi connectivity index (χ0n) is 17.3. The monoisotopic (exact) mass is 442 g/mol. The summed E-state index contributed by atoms with van der Waals surface area (Å²) in [6, 6.07) is 12.8. The fraction of sp³-hybridized carbons (Fsp3) is 0.0909. The molecule has 0 saturated heterocycles. The van der Waals surface area contributed by atoms with E-state index in [0.29, 0.717) is 28.1 Å². The highest BCUT2D eigenvalue weighted by Crippen LogP contribution is 2.22. The number of nitrogens with one attached hydrogen (secondary N) is 2. The van der Waals surface area contributed by atoms with Gasteiger partial charge in [0.15, 0.2) is 11.0 Å².